The van der Waals surface area contributed by atoms with Gasteiger partial charge in [0.25, 0.3) is 0 Å². The second-order valence-electron chi connectivity index (χ2n) is 6.81. The van der Waals surface area contributed by atoms with Gasteiger partial charge in [0.05, 0.1) is 5.52 Å². The van der Waals surface area contributed by atoms with E-state index in [9.17, 15) is 0 Å². The Kier molecular flexibility index (Phi) is 6.74. The lowest BCUT2D eigenvalue weighted by atomic mass is 10.2. The van der Waals surface area contributed by atoms with Crippen LogP contribution in [0, 0.1) is 13.8 Å². The Hall–Kier alpha value is -2.20. The molecule has 2 aromatic carbocycles. The normalized spacial score (nSPS) is 10.8. The van der Waals surface area contributed by atoms with E-state index in [1.807, 2.05) is 54.6 Å². The molecule has 0 aliphatic rings. The summed E-state index contributed by atoms with van der Waals surface area (Å²) in [4.78, 5) is 4.60. The SMILES string of the molecule is Cc1c(C)n(Cc2ccccc2Cl)c2c(OCc3ccc(Cl)cc3)ccnc12.Cl. The number of ether oxygens (including phenoxy) is 1. The Morgan fingerprint density at radius 3 is 2.41 bits per heavy atom. The molecular weight excluding hydrogens is 427 g/mol. The van der Waals surface area contributed by atoms with Gasteiger partial charge in [-0.15, -0.1) is 12.4 Å². The van der Waals surface area contributed by atoms with E-state index in [1.54, 1.807) is 6.20 Å². The molecule has 0 amide bonds. The van der Waals surface area contributed by atoms with Crippen LogP contribution in [0.5, 0.6) is 5.75 Å². The fourth-order valence-electron chi connectivity index (χ4n) is 3.37. The van der Waals surface area contributed by atoms with Gasteiger partial charge < -0.3 is 9.30 Å². The predicted molar refractivity (Wildman–Crippen MR) is 123 cm³/mol. The third-order valence-corrected chi connectivity index (χ3v) is 5.67. The summed E-state index contributed by atoms with van der Waals surface area (Å²) in [7, 11) is 0. The van der Waals surface area contributed by atoms with Gasteiger partial charge in [0.15, 0.2) is 0 Å². The highest BCUT2D eigenvalue weighted by Crippen LogP contribution is 2.32. The van der Waals surface area contributed by atoms with Crippen LogP contribution < -0.4 is 4.74 Å². The summed E-state index contributed by atoms with van der Waals surface area (Å²) in [5.41, 5.74) is 6.39. The van der Waals surface area contributed by atoms with Crippen molar-refractivity contribution in [2.75, 3.05) is 0 Å². The molecule has 0 aliphatic heterocycles. The number of fused-ring (bicyclic) bond motifs is 1. The van der Waals surface area contributed by atoms with E-state index in [-0.39, 0.29) is 12.4 Å². The molecular formula is C23H21Cl3N2O. The summed E-state index contributed by atoms with van der Waals surface area (Å²) in [6.07, 6.45) is 1.80. The van der Waals surface area contributed by atoms with E-state index < -0.39 is 0 Å². The number of halogens is 3. The monoisotopic (exact) mass is 446 g/mol. The lowest BCUT2D eigenvalue weighted by Crippen LogP contribution is -2.04. The van der Waals surface area contributed by atoms with Crippen molar-refractivity contribution in [3.63, 3.8) is 0 Å². The van der Waals surface area contributed by atoms with Gasteiger partial charge in [-0.1, -0.05) is 53.5 Å². The predicted octanol–water partition coefficient (Wildman–Crippen LogP) is 7.01. The van der Waals surface area contributed by atoms with Gasteiger partial charge in [-0.2, -0.15) is 0 Å². The van der Waals surface area contributed by atoms with Crippen LogP contribution in [0.4, 0.5) is 0 Å². The molecule has 0 aliphatic carbocycles. The van der Waals surface area contributed by atoms with E-state index in [0.717, 1.165) is 49.2 Å². The first kappa shape index (κ1) is 21.5. The van der Waals surface area contributed by atoms with Gasteiger partial charge >= 0.3 is 0 Å². The molecule has 3 nitrogen and oxygen atoms in total. The number of hydrogen-bond donors (Lipinski definition) is 0. The fourth-order valence-corrected chi connectivity index (χ4v) is 3.69. The minimum Gasteiger partial charge on any atom is -0.487 e. The van der Waals surface area contributed by atoms with Crippen molar-refractivity contribution in [1.82, 2.24) is 9.55 Å². The van der Waals surface area contributed by atoms with Crippen LogP contribution >= 0.6 is 35.6 Å². The molecule has 150 valence electrons. The smallest absolute Gasteiger partial charge is 0.147 e. The summed E-state index contributed by atoms with van der Waals surface area (Å²) in [6.45, 7) is 5.33. The lowest BCUT2D eigenvalue weighted by Gasteiger charge is -2.13. The van der Waals surface area contributed by atoms with E-state index in [2.05, 4.69) is 23.4 Å². The molecule has 0 saturated heterocycles. The minimum atomic E-state index is 0. The maximum Gasteiger partial charge on any atom is 0.147 e. The Bertz CT molecular complexity index is 1140. The van der Waals surface area contributed by atoms with Gasteiger partial charge in [0.2, 0.25) is 0 Å². The van der Waals surface area contributed by atoms with Gasteiger partial charge in [0.1, 0.15) is 17.9 Å². The lowest BCUT2D eigenvalue weighted by molar-refractivity contribution is 0.308. The molecule has 4 rings (SSSR count). The third-order valence-electron chi connectivity index (χ3n) is 5.05. The van der Waals surface area contributed by atoms with Crippen molar-refractivity contribution >= 4 is 46.6 Å². The second kappa shape index (κ2) is 9.08. The molecule has 29 heavy (non-hydrogen) atoms. The van der Waals surface area contributed by atoms with Gasteiger partial charge in [0, 0.05) is 34.5 Å². The van der Waals surface area contributed by atoms with Crippen molar-refractivity contribution in [2.45, 2.75) is 27.0 Å². The number of rotatable bonds is 5. The molecule has 6 heteroatoms. The molecule has 4 aromatic rings. The van der Waals surface area contributed by atoms with Crippen LogP contribution in [0.25, 0.3) is 11.0 Å². The largest absolute Gasteiger partial charge is 0.487 e. The molecule has 0 N–H and O–H groups in total. The van der Waals surface area contributed by atoms with Crippen LogP contribution in [0.2, 0.25) is 10.0 Å². The number of nitrogens with zero attached hydrogens (tertiary/aromatic N) is 2. The summed E-state index contributed by atoms with van der Waals surface area (Å²) >= 11 is 12.4. The van der Waals surface area contributed by atoms with E-state index in [0.29, 0.717) is 13.2 Å². The zero-order chi connectivity index (χ0) is 19.7. The highest BCUT2D eigenvalue weighted by molar-refractivity contribution is 6.31. The summed E-state index contributed by atoms with van der Waals surface area (Å²) in [6, 6.07) is 17.5. The Balaban J connectivity index is 0.00000240. The number of pyridine rings is 1. The molecule has 2 heterocycles. The Labute approximate surface area is 186 Å². The van der Waals surface area contributed by atoms with E-state index in [4.69, 9.17) is 27.9 Å². The van der Waals surface area contributed by atoms with Crippen molar-refractivity contribution in [3.05, 3.63) is 93.2 Å². The van der Waals surface area contributed by atoms with Crippen LogP contribution in [0.3, 0.4) is 0 Å². The molecule has 0 unspecified atom stereocenters. The van der Waals surface area contributed by atoms with Crippen molar-refractivity contribution in [1.29, 1.82) is 0 Å². The van der Waals surface area contributed by atoms with Crippen LogP contribution in [0.15, 0.2) is 60.8 Å². The molecule has 0 radical (unpaired) electrons. The molecule has 0 atom stereocenters. The Morgan fingerprint density at radius 2 is 1.69 bits per heavy atom. The number of benzene rings is 2. The fraction of sp³-hybridized carbons (Fsp3) is 0.174. The van der Waals surface area contributed by atoms with Crippen LogP contribution in [0.1, 0.15) is 22.4 Å². The average Bonchev–Trinajstić information content (AvgIpc) is 2.95. The Morgan fingerprint density at radius 1 is 0.966 bits per heavy atom. The topological polar surface area (TPSA) is 27.1 Å². The minimum absolute atomic E-state index is 0. The van der Waals surface area contributed by atoms with E-state index >= 15 is 0 Å². The first-order valence-corrected chi connectivity index (χ1v) is 9.85. The first-order chi connectivity index (χ1) is 13.5. The quantitative estimate of drug-likeness (QED) is 0.329. The van der Waals surface area contributed by atoms with Crippen molar-refractivity contribution in [2.24, 2.45) is 0 Å². The molecule has 0 bridgehead atoms. The number of hydrogen-bond acceptors (Lipinski definition) is 2. The van der Waals surface area contributed by atoms with Gasteiger partial charge in [-0.25, -0.2) is 0 Å². The molecule has 0 spiro atoms. The van der Waals surface area contributed by atoms with Crippen LogP contribution in [-0.4, -0.2) is 9.55 Å². The van der Waals surface area contributed by atoms with E-state index in [1.165, 1.54) is 0 Å². The van der Waals surface area contributed by atoms with Gasteiger partial charge in [-0.05, 0) is 48.7 Å². The standard InChI is InChI=1S/C23H20Cl2N2O.ClH/c1-15-16(2)27(13-18-5-3-4-6-20(18)25)23-21(11-12-26-22(15)23)28-14-17-7-9-19(24)10-8-17;/h3-12H,13-14H2,1-2H3;1H. The second-order valence-corrected chi connectivity index (χ2v) is 7.65. The maximum atomic E-state index is 6.41. The highest BCUT2D eigenvalue weighted by atomic mass is 35.5. The number of aromatic nitrogens is 2. The van der Waals surface area contributed by atoms with Crippen LogP contribution in [-0.2, 0) is 13.2 Å². The van der Waals surface area contributed by atoms with Crippen molar-refractivity contribution < 1.29 is 4.74 Å². The summed E-state index contributed by atoms with van der Waals surface area (Å²) in [5.74, 6) is 0.809. The molecule has 0 fully saturated rings. The first-order valence-electron chi connectivity index (χ1n) is 9.09. The highest BCUT2D eigenvalue weighted by Gasteiger charge is 2.17. The zero-order valence-electron chi connectivity index (χ0n) is 16.2. The zero-order valence-corrected chi connectivity index (χ0v) is 18.5. The maximum absolute atomic E-state index is 6.41. The van der Waals surface area contributed by atoms with Crippen molar-refractivity contribution in [3.8, 4) is 5.75 Å². The molecule has 2 aromatic heterocycles. The summed E-state index contributed by atoms with van der Waals surface area (Å²) < 4.78 is 8.42. The summed E-state index contributed by atoms with van der Waals surface area (Å²) in [5, 5.41) is 1.48. The number of aryl methyl sites for hydroxylation is 1. The third kappa shape index (κ3) is 4.37. The molecule has 0 saturated carbocycles. The average molecular weight is 448 g/mol. The van der Waals surface area contributed by atoms with Gasteiger partial charge in [-0.3, -0.25) is 4.98 Å².